The van der Waals surface area contributed by atoms with Crippen molar-refractivity contribution in [3.8, 4) is 5.88 Å². The van der Waals surface area contributed by atoms with Crippen LogP contribution in [-0.2, 0) is 18.3 Å². The Morgan fingerprint density at radius 2 is 2.21 bits per heavy atom. The first-order valence-electron chi connectivity index (χ1n) is 9.06. The normalized spacial score (nSPS) is 26.6. The number of hydrogen-bond acceptors (Lipinski definition) is 9. The van der Waals surface area contributed by atoms with Gasteiger partial charge >= 0.3 is 7.60 Å². The van der Waals surface area contributed by atoms with E-state index < -0.39 is 32.7 Å². The number of aromatic nitrogens is 4. The second-order valence-electron chi connectivity index (χ2n) is 6.67. The molecule has 0 aliphatic carbocycles. The fourth-order valence-corrected chi connectivity index (χ4v) is 4.35. The molecule has 0 bridgehead atoms. The van der Waals surface area contributed by atoms with Crippen LogP contribution in [0.5, 0.6) is 5.88 Å². The summed E-state index contributed by atoms with van der Waals surface area (Å²) in [5.74, 6) is 0.197. The molecule has 2 N–H and O–H groups in total. The van der Waals surface area contributed by atoms with E-state index in [-0.39, 0.29) is 29.7 Å². The van der Waals surface area contributed by atoms with Crippen molar-refractivity contribution in [3.63, 3.8) is 0 Å². The van der Waals surface area contributed by atoms with Crippen LogP contribution in [0.3, 0.4) is 0 Å². The maximum atomic E-state index is 13.8. The number of halogens is 1. The molecule has 28 heavy (non-hydrogen) atoms. The average Bonchev–Trinajstić information content (AvgIpc) is 3.05. The maximum Gasteiger partial charge on any atom is 0.333 e. The van der Waals surface area contributed by atoms with Crippen LogP contribution >= 0.6 is 7.60 Å². The number of nitrogens with two attached hydrogens (primary N) is 1. The minimum absolute atomic E-state index is 0.0223. The quantitative estimate of drug-likeness (QED) is 0.677. The Hall–Kier alpha value is -1.81. The second-order valence-corrected chi connectivity index (χ2v) is 9.25. The summed E-state index contributed by atoms with van der Waals surface area (Å²) in [6.45, 7) is 6.58. The van der Waals surface area contributed by atoms with E-state index in [1.165, 1.54) is 10.9 Å². The SMILES string of the molecule is CCOc1nc(N)nc2c1ncn2[C@@H](CF)O[C@@H]1COP(=O)(C(C)C)OC1C. The van der Waals surface area contributed by atoms with Gasteiger partial charge in [-0.2, -0.15) is 9.97 Å². The maximum absolute atomic E-state index is 13.8. The lowest BCUT2D eigenvalue weighted by Crippen LogP contribution is -2.40. The Bertz CT molecular complexity index is 878. The summed E-state index contributed by atoms with van der Waals surface area (Å²) in [6, 6.07) is 0. The number of nitrogen functional groups attached to an aromatic ring is 1. The Kier molecular flexibility index (Phi) is 6.18. The van der Waals surface area contributed by atoms with Crippen LogP contribution < -0.4 is 10.5 Å². The van der Waals surface area contributed by atoms with E-state index in [1.54, 1.807) is 27.7 Å². The van der Waals surface area contributed by atoms with Crippen LogP contribution in [0.4, 0.5) is 10.3 Å². The highest BCUT2D eigenvalue weighted by Crippen LogP contribution is 2.56. The molecule has 1 aliphatic heterocycles. The van der Waals surface area contributed by atoms with Crippen molar-refractivity contribution < 1.29 is 27.5 Å². The molecule has 1 aliphatic rings. The molecular weight excluding hydrogens is 392 g/mol. The van der Waals surface area contributed by atoms with Gasteiger partial charge in [0, 0.05) is 0 Å². The van der Waals surface area contributed by atoms with Gasteiger partial charge in [0.15, 0.2) is 17.4 Å². The summed E-state index contributed by atoms with van der Waals surface area (Å²) in [5.41, 5.74) is 6.11. The van der Waals surface area contributed by atoms with Gasteiger partial charge in [-0.1, -0.05) is 13.8 Å². The molecule has 0 aromatic carbocycles. The third kappa shape index (κ3) is 3.98. The molecule has 0 spiro atoms. The van der Waals surface area contributed by atoms with E-state index in [4.69, 9.17) is 24.3 Å². The zero-order valence-electron chi connectivity index (χ0n) is 16.2. The average molecular weight is 417 g/mol. The fourth-order valence-electron chi connectivity index (χ4n) is 2.80. The molecule has 3 heterocycles. The molecule has 2 aromatic heterocycles. The molecule has 0 radical (unpaired) electrons. The van der Waals surface area contributed by atoms with Gasteiger partial charge in [-0.15, -0.1) is 0 Å². The molecule has 1 fully saturated rings. The number of fused-ring (bicyclic) bond motifs is 1. The lowest BCUT2D eigenvalue weighted by Gasteiger charge is -2.37. The topological polar surface area (TPSA) is 124 Å². The molecule has 10 nitrogen and oxygen atoms in total. The van der Waals surface area contributed by atoms with Crippen LogP contribution in [0.2, 0.25) is 0 Å². The minimum Gasteiger partial charge on any atom is -0.476 e. The number of anilines is 1. The van der Waals surface area contributed by atoms with Crippen molar-refractivity contribution in [2.45, 2.75) is 51.8 Å². The van der Waals surface area contributed by atoms with Crippen LogP contribution in [0.15, 0.2) is 6.33 Å². The molecule has 2 aromatic rings. The number of hydrogen-bond donors (Lipinski definition) is 1. The highest BCUT2D eigenvalue weighted by Gasteiger charge is 2.41. The summed E-state index contributed by atoms with van der Waals surface area (Å²) in [6.07, 6.45) is -0.821. The summed E-state index contributed by atoms with van der Waals surface area (Å²) >= 11 is 0. The van der Waals surface area contributed by atoms with Gasteiger partial charge in [-0.25, -0.2) is 9.37 Å². The van der Waals surface area contributed by atoms with Crippen molar-refractivity contribution >= 4 is 24.7 Å². The Morgan fingerprint density at radius 1 is 1.46 bits per heavy atom. The van der Waals surface area contributed by atoms with Crippen molar-refractivity contribution in [2.24, 2.45) is 0 Å². The smallest absolute Gasteiger partial charge is 0.333 e. The number of rotatable bonds is 7. The highest BCUT2D eigenvalue weighted by molar-refractivity contribution is 7.54. The second kappa shape index (κ2) is 8.28. The molecule has 0 amide bonds. The van der Waals surface area contributed by atoms with Gasteiger partial charge in [0.2, 0.25) is 11.8 Å². The van der Waals surface area contributed by atoms with E-state index in [0.717, 1.165) is 0 Å². The van der Waals surface area contributed by atoms with E-state index in [0.29, 0.717) is 12.1 Å². The number of alkyl halides is 1. The van der Waals surface area contributed by atoms with E-state index in [9.17, 15) is 8.96 Å². The van der Waals surface area contributed by atoms with Gasteiger partial charge in [0.25, 0.3) is 0 Å². The van der Waals surface area contributed by atoms with Crippen molar-refractivity contribution in [2.75, 3.05) is 25.6 Å². The van der Waals surface area contributed by atoms with Crippen molar-refractivity contribution in [1.82, 2.24) is 19.5 Å². The summed E-state index contributed by atoms with van der Waals surface area (Å²) in [5, 5.41) is 0. The Labute approximate surface area is 162 Å². The van der Waals surface area contributed by atoms with Crippen LogP contribution in [-0.4, -0.2) is 57.3 Å². The molecule has 4 atom stereocenters. The number of ether oxygens (including phenoxy) is 2. The zero-order chi connectivity index (χ0) is 20.5. The lowest BCUT2D eigenvalue weighted by atomic mass is 10.2. The van der Waals surface area contributed by atoms with Crippen LogP contribution in [0, 0.1) is 0 Å². The van der Waals surface area contributed by atoms with Crippen LogP contribution in [0.25, 0.3) is 11.2 Å². The molecule has 156 valence electrons. The van der Waals surface area contributed by atoms with Gasteiger partial charge in [-0.3, -0.25) is 9.13 Å². The first-order valence-corrected chi connectivity index (χ1v) is 10.7. The fraction of sp³-hybridized carbons (Fsp3) is 0.688. The first kappa shape index (κ1) is 20.9. The van der Waals surface area contributed by atoms with Gasteiger partial charge in [0.05, 0.1) is 31.3 Å². The summed E-state index contributed by atoms with van der Waals surface area (Å²) in [4.78, 5) is 12.4. The van der Waals surface area contributed by atoms with E-state index in [1.807, 2.05) is 0 Å². The predicted octanol–water partition coefficient (Wildman–Crippen LogP) is 2.70. The van der Waals surface area contributed by atoms with E-state index in [2.05, 4.69) is 15.0 Å². The van der Waals surface area contributed by atoms with E-state index >= 15 is 0 Å². The number of nitrogens with zero attached hydrogens (tertiary/aromatic N) is 4. The third-order valence-corrected chi connectivity index (χ3v) is 6.75. The number of imidazole rings is 1. The van der Waals surface area contributed by atoms with Crippen molar-refractivity contribution in [1.29, 1.82) is 0 Å². The standard InChI is InChI=1S/C16H25FN5O5P/c1-5-24-15-13-14(20-16(18)21-15)22(8-19-13)12(6-17)26-11-7-25-28(23,9(2)3)27-10(11)4/h8-12H,5-7H2,1-4H3,(H2,18,20,21)/t10?,11-,12-,28?/m1/s1. The largest absolute Gasteiger partial charge is 0.476 e. The Balaban J connectivity index is 1.84. The molecular formula is C16H25FN5O5P. The minimum atomic E-state index is -3.20. The van der Waals surface area contributed by atoms with Gasteiger partial charge < -0.3 is 24.3 Å². The molecule has 12 heteroatoms. The van der Waals surface area contributed by atoms with Gasteiger partial charge in [-0.05, 0) is 13.8 Å². The Morgan fingerprint density at radius 3 is 2.82 bits per heavy atom. The van der Waals surface area contributed by atoms with Crippen molar-refractivity contribution in [3.05, 3.63) is 6.33 Å². The lowest BCUT2D eigenvalue weighted by molar-refractivity contribution is -0.133. The zero-order valence-corrected chi connectivity index (χ0v) is 17.1. The van der Waals surface area contributed by atoms with Crippen LogP contribution in [0.1, 0.15) is 33.9 Å². The molecule has 0 saturated carbocycles. The first-order chi connectivity index (χ1) is 13.3. The molecule has 3 rings (SSSR count). The summed E-state index contributed by atoms with van der Waals surface area (Å²) in [7, 11) is -3.20. The molecule has 1 saturated heterocycles. The predicted molar refractivity (Wildman–Crippen MR) is 100 cm³/mol. The monoisotopic (exact) mass is 417 g/mol. The molecule has 2 unspecified atom stereocenters. The summed E-state index contributed by atoms with van der Waals surface area (Å²) < 4.78 is 50.1. The van der Waals surface area contributed by atoms with Gasteiger partial charge in [0.1, 0.15) is 12.8 Å². The highest BCUT2D eigenvalue weighted by atomic mass is 31.2. The third-order valence-electron chi connectivity index (χ3n) is 4.35.